The number of nitrogens with zero attached hydrogens (tertiary/aromatic N) is 6. The van der Waals surface area contributed by atoms with Crippen molar-refractivity contribution in [2.24, 2.45) is 0 Å². The van der Waals surface area contributed by atoms with Gasteiger partial charge in [-0.2, -0.15) is 15.0 Å². The number of pyridine rings is 1. The SMILES string of the molecule is COc1ccc(-c2ccc(Nc3c(C#N)cnn3-c3cc(C)c4cccc(OC)c4n3)nn2)cc1. The molecule has 0 unspecified atom stereocenters. The standard InChI is InChI=1S/C26H21N7O2/c1-16-13-24(30-25-20(16)5-4-6-22(25)35-3)33-26(18(14-27)15-28-33)29-23-12-11-21(31-32-23)17-7-9-19(34-2)10-8-17/h4-13,15H,1-3H3,(H,29,32). The van der Waals surface area contributed by atoms with Gasteiger partial charge in [-0.1, -0.05) is 12.1 Å². The van der Waals surface area contributed by atoms with Crippen molar-refractivity contribution in [2.45, 2.75) is 6.92 Å². The Balaban J connectivity index is 1.50. The molecule has 0 amide bonds. The van der Waals surface area contributed by atoms with Crippen molar-refractivity contribution in [1.29, 1.82) is 5.26 Å². The maximum Gasteiger partial charge on any atom is 0.156 e. The maximum atomic E-state index is 9.67. The fourth-order valence-electron chi connectivity index (χ4n) is 3.81. The van der Waals surface area contributed by atoms with E-state index in [0.717, 1.165) is 22.3 Å². The van der Waals surface area contributed by atoms with Gasteiger partial charge in [-0.3, -0.25) is 0 Å². The van der Waals surface area contributed by atoms with E-state index in [0.29, 0.717) is 40.0 Å². The van der Waals surface area contributed by atoms with E-state index in [9.17, 15) is 5.26 Å². The summed E-state index contributed by atoms with van der Waals surface area (Å²) in [4.78, 5) is 4.77. The summed E-state index contributed by atoms with van der Waals surface area (Å²) in [6, 6.07) is 21.1. The van der Waals surface area contributed by atoms with Crippen LogP contribution in [0.25, 0.3) is 28.0 Å². The molecule has 9 heteroatoms. The lowest BCUT2D eigenvalue weighted by Gasteiger charge is -2.12. The largest absolute Gasteiger partial charge is 0.497 e. The molecule has 0 fully saturated rings. The number of nitrogens with one attached hydrogen (secondary N) is 1. The highest BCUT2D eigenvalue weighted by Gasteiger charge is 2.17. The zero-order valence-corrected chi connectivity index (χ0v) is 19.4. The van der Waals surface area contributed by atoms with Gasteiger partial charge < -0.3 is 14.8 Å². The number of para-hydroxylation sites is 1. The first-order valence-electron chi connectivity index (χ1n) is 10.8. The predicted molar refractivity (Wildman–Crippen MR) is 132 cm³/mol. The van der Waals surface area contributed by atoms with Crippen molar-refractivity contribution < 1.29 is 9.47 Å². The molecule has 9 nitrogen and oxygen atoms in total. The molecule has 0 atom stereocenters. The zero-order chi connectivity index (χ0) is 24.4. The third-order valence-electron chi connectivity index (χ3n) is 5.62. The Bertz CT molecular complexity index is 1550. The summed E-state index contributed by atoms with van der Waals surface area (Å²) in [7, 11) is 3.24. The van der Waals surface area contributed by atoms with Gasteiger partial charge in [0.05, 0.1) is 26.1 Å². The Morgan fingerprint density at radius 3 is 2.49 bits per heavy atom. The highest BCUT2D eigenvalue weighted by molar-refractivity contribution is 5.88. The van der Waals surface area contributed by atoms with E-state index in [-0.39, 0.29) is 0 Å². The normalized spacial score (nSPS) is 10.7. The van der Waals surface area contributed by atoms with E-state index in [2.05, 4.69) is 26.7 Å². The van der Waals surface area contributed by atoms with Crippen molar-refractivity contribution in [2.75, 3.05) is 19.5 Å². The van der Waals surface area contributed by atoms with Gasteiger partial charge in [-0.25, -0.2) is 4.98 Å². The lowest BCUT2D eigenvalue weighted by molar-refractivity contribution is 0.415. The number of aryl methyl sites for hydroxylation is 1. The van der Waals surface area contributed by atoms with Crippen molar-refractivity contribution >= 4 is 22.5 Å². The lowest BCUT2D eigenvalue weighted by Crippen LogP contribution is -2.07. The molecule has 3 heterocycles. The number of rotatable bonds is 6. The summed E-state index contributed by atoms with van der Waals surface area (Å²) < 4.78 is 12.3. The van der Waals surface area contributed by atoms with Crippen LogP contribution >= 0.6 is 0 Å². The zero-order valence-electron chi connectivity index (χ0n) is 19.4. The highest BCUT2D eigenvalue weighted by Crippen LogP contribution is 2.30. The first kappa shape index (κ1) is 21.9. The molecular weight excluding hydrogens is 442 g/mol. The first-order chi connectivity index (χ1) is 17.1. The Hall–Kier alpha value is -4.97. The van der Waals surface area contributed by atoms with Crippen molar-refractivity contribution in [3.8, 4) is 34.6 Å². The van der Waals surface area contributed by atoms with E-state index in [1.165, 1.54) is 6.20 Å². The monoisotopic (exact) mass is 463 g/mol. The molecule has 0 saturated heterocycles. The minimum atomic E-state index is 0.352. The summed E-state index contributed by atoms with van der Waals surface area (Å²) in [5, 5.41) is 26.9. The lowest BCUT2D eigenvalue weighted by atomic mass is 10.1. The van der Waals surface area contributed by atoms with Crippen LogP contribution in [0.3, 0.4) is 0 Å². The number of nitriles is 1. The topological polar surface area (TPSA) is 111 Å². The van der Waals surface area contributed by atoms with Crippen LogP contribution in [0.5, 0.6) is 11.5 Å². The molecule has 1 N–H and O–H groups in total. The Labute approximate surface area is 201 Å². The number of aromatic nitrogens is 5. The van der Waals surface area contributed by atoms with Crippen LogP contribution in [0.15, 0.2) is 66.9 Å². The van der Waals surface area contributed by atoms with Crippen LogP contribution in [0, 0.1) is 18.3 Å². The molecule has 172 valence electrons. The molecule has 0 radical (unpaired) electrons. The first-order valence-corrected chi connectivity index (χ1v) is 10.8. The van der Waals surface area contributed by atoms with E-state index < -0.39 is 0 Å². The number of methoxy groups -OCH3 is 2. The molecule has 0 aliphatic carbocycles. The summed E-state index contributed by atoms with van der Waals surface area (Å²) in [5.41, 5.74) is 3.70. The molecule has 5 aromatic rings. The average Bonchev–Trinajstić information content (AvgIpc) is 3.31. The molecule has 5 rings (SSSR count). The molecule has 0 saturated carbocycles. The van der Waals surface area contributed by atoms with E-state index in [4.69, 9.17) is 14.5 Å². The Kier molecular flexibility index (Phi) is 5.69. The van der Waals surface area contributed by atoms with Gasteiger partial charge in [0, 0.05) is 10.9 Å². The van der Waals surface area contributed by atoms with Crippen molar-refractivity contribution in [3.05, 3.63) is 78.0 Å². The molecular formula is C26H21N7O2. The van der Waals surface area contributed by atoms with Crippen LogP contribution in [-0.2, 0) is 0 Å². The third-order valence-corrected chi connectivity index (χ3v) is 5.62. The molecule has 35 heavy (non-hydrogen) atoms. The quantitative estimate of drug-likeness (QED) is 0.382. The number of hydrogen-bond acceptors (Lipinski definition) is 8. The second-order valence-electron chi connectivity index (χ2n) is 7.74. The van der Waals surface area contributed by atoms with Crippen LogP contribution in [0.4, 0.5) is 11.6 Å². The van der Waals surface area contributed by atoms with Gasteiger partial charge >= 0.3 is 0 Å². The van der Waals surface area contributed by atoms with E-state index >= 15 is 0 Å². The fraction of sp³-hybridized carbons (Fsp3) is 0.115. The number of hydrogen-bond donors (Lipinski definition) is 1. The minimum Gasteiger partial charge on any atom is -0.497 e. The number of benzene rings is 2. The average molecular weight is 464 g/mol. The van der Waals surface area contributed by atoms with Gasteiger partial charge in [0.25, 0.3) is 0 Å². The fourth-order valence-corrected chi connectivity index (χ4v) is 3.81. The molecule has 3 aromatic heterocycles. The Morgan fingerprint density at radius 2 is 1.80 bits per heavy atom. The van der Waals surface area contributed by atoms with E-state index in [1.54, 1.807) is 25.0 Å². The van der Waals surface area contributed by atoms with Gasteiger partial charge in [0.2, 0.25) is 0 Å². The van der Waals surface area contributed by atoms with E-state index in [1.807, 2.05) is 61.5 Å². The number of anilines is 2. The molecule has 0 aliphatic rings. The predicted octanol–water partition coefficient (Wildman–Crippen LogP) is 4.82. The number of fused-ring (bicyclic) bond motifs is 1. The Morgan fingerprint density at radius 1 is 0.971 bits per heavy atom. The highest BCUT2D eigenvalue weighted by atomic mass is 16.5. The molecule has 0 bridgehead atoms. The van der Waals surface area contributed by atoms with Crippen LogP contribution in [0.2, 0.25) is 0 Å². The molecule has 0 aliphatic heterocycles. The number of ether oxygens (including phenoxy) is 2. The van der Waals surface area contributed by atoms with Crippen molar-refractivity contribution in [1.82, 2.24) is 25.0 Å². The summed E-state index contributed by atoms with van der Waals surface area (Å²) >= 11 is 0. The van der Waals surface area contributed by atoms with Gasteiger partial charge in [0.15, 0.2) is 17.5 Å². The van der Waals surface area contributed by atoms with Crippen LogP contribution < -0.4 is 14.8 Å². The maximum absolute atomic E-state index is 9.67. The summed E-state index contributed by atoms with van der Waals surface area (Å²) in [6.45, 7) is 2.00. The van der Waals surface area contributed by atoms with Crippen LogP contribution in [-0.4, -0.2) is 39.2 Å². The van der Waals surface area contributed by atoms with Crippen LogP contribution in [0.1, 0.15) is 11.1 Å². The van der Waals surface area contributed by atoms with Gasteiger partial charge in [-0.15, -0.1) is 10.2 Å². The summed E-state index contributed by atoms with van der Waals surface area (Å²) in [5.74, 6) is 2.89. The summed E-state index contributed by atoms with van der Waals surface area (Å²) in [6.07, 6.45) is 1.49. The smallest absolute Gasteiger partial charge is 0.156 e. The molecule has 2 aromatic carbocycles. The molecule has 0 spiro atoms. The van der Waals surface area contributed by atoms with Crippen molar-refractivity contribution in [3.63, 3.8) is 0 Å². The second-order valence-corrected chi connectivity index (χ2v) is 7.74. The second kappa shape index (κ2) is 9.11. The third kappa shape index (κ3) is 4.09. The van der Waals surface area contributed by atoms with Gasteiger partial charge in [0.1, 0.15) is 28.6 Å². The van der Waals surface area contributed by atoms with Gasteiger partial charge in [-0.05, 0) is 61.0 Å². The minimum absolute atomic E-state index is 0.352.